The van der Waals surface area contributed by atoms with E-state index in [9.17, 15) is 4.79 Å². The van der Waals surface area contributed by atoms with Gasteiger partial charge in [0.15, 0.2) is 0 Å². The van der Waals surface area contributed by atoms with Crippen molar-refractivity contribution in [3.63, 3.8) is 0 Å². The van der Waals surface area contributed by atoms with E-state index in [0.29, 0.717) is 43.7 Å². The van der Waals surface area contributed by atoms with Crippen molar-refractivity contribution in [3.8, 4) is 11.3 Å². The van der Waals surface area contributed by atoms with Gasteiger partial charge >= 0.3 is 6.09 Å². The molecule has 1 aliphatic rings. The number of ether oxygens (including phenoxy) is 1. The minimum Gasteiger partial charge on any atom is -0.448 e. The number of nitrogens with one attached hydrogen (secondary N) is 1. The van der Waals surface area contributed by atoms with Crippen LogP contribution in [-0.2, 0) is 11.8 Å². The highest BCUT2D eigenvalue weighted by molar-refractivity contribution is 5.71. The zero-order valence-corrected chi connectivity index (χ0v) is 12.2. The van der Waals surface area contributed by atoms with Crippen molar-refractivity contribution in [1.82, 2.24) is 24.6 Å². The molecule has 1 fully saturated rings. The molecule has 0 aliphatic carbocycles. The monoisotopic (exact) mass is 303 g/mol. The zero-order valence-electron chi connectivity index (χ0n) is 12.2. The van der Waals surface area contributed by atoms with Crippen LogP contribution in [0.3, 0.4) is 0 Å². The number of nitrogens with zero attached hydrogens (tertiary/aromatic N) is 5. The van der Waals surface area contributed by atoms with Crippen molar-refractivity contribution in [2.24, 2.45) is 7.05 Å². The number of nitrogen functional groups attached to an aromatic ring is 1. The first-order chi connectivity index (χ1) is 10.6. The van der Waals surface area contributed by atoms with E-state index < -0.39 is 0 Å². The Bertz CT molecular complexity index is 685. The van der Waals surface area contributed by atoms with Gasteiger partial charge in [0.1, 0.15) is 12.4 Å². The zero-order chi connectivity index (χ0) is 15.5. The Morgan fingerprint density at radius 3 is 3.05 bits per heavy atom. The number of hydrogen-bond acceptors (Lipinski definition) is 7. The van der Waals surface area contributed by atoms with Gasteiger partial charge in [-0.15, -0.1) is 0 Å². The lowest BCUT2D eigenvalue weighted by molar-refractivity contribution is 0.159. The summed E-state index contributed by atoms with van der Waals surface area (Å²) in [7, 11) is 1.77. The fraction of sp³-hybridized carbons (Fsp3) is 0.385. The summed E-state index contributed by atoms with van der Waals surface area (Å²) >= 11 is 0. The first kappa shape index (κ1) is 14.1. The second-order valence-corrected chi connectivity index (χ2v) is 4.86. The van der Waals surface area contributed by atoms with Gasteiger partial charge in [0.25, 0.3) is 0 Å². The third-order valence-electron chi connectivity index (χ3n) is 3.43. The minimum atomic E-state index is -0.278. The van der Waals surface area contributed by atoms with Crippen LogP contribution in [0.4, 0.5) is 16.6 Å². The SMILES string of the molecule is Cn1ncc(-c2ccnc(NCCN3CCOC3=O)n2)c1N. The molecule has 1 amide bonds. The van der Waals surface area contributed by atoms with Crippen LogP contribution in [0, 0.1) is 0 Å². The molecule has 0 atom stereocenters. The van der Waals surface area contributed by atoms with Crippen LogP contribution in [0.5, 0.6) is 0 Å². The molecule has 0 saturated carbocycles. The van der Waals surface area contributed by atoms with Gasteiger partial charge < -0.3 is 20.7 Å². The highest BCUT2D eigenvalue weighted by Crippen LogP contribution is 2.23. The van der Waals surface area contributed by atoms with E-state index in [-0.39, 0.29) is 6.09 Å². The first-order valence-electron chi connectivity index (χ1n) is 6.91. The number of aromatic nitrogens is 4. The van der Waals surface area contributed by atoms with Gasteiger partial charge in [-0.3, -0.25) is 4.68 Å². The van der Waals surface area contributed by atoms with Crippen LogP contribution in [0.15, 0.2) is 18.5 Å². The van der Waals surface area contributed by atoms with Crippen LogP contribution in [0.2, 0.25) is 0 Å². The molecule has 1 saturated heterocycles. The molecule has 9 nitrogen and oxygen atoms in total. The number of cyclic esters (lactones) is 1. The molecule has 0 spiro atoms. The molecular weight excluding hydrogens is 286 g/mol. The van der Waals surface area contributed by atoms with Crippen molar-refractivity contribution in [1.29, 1.82) is 0 Å². The lowest BCUT2D eigenvalue weighted by Crippen LogP contribution is -2.30. The number of carbonyl (C=O) groups is 1. The summed E-state index contributed by atoms with van der Waals surface area (Å²) in [4.78, 5) is 21.5. The van der Waals surface area contributed by atoms with Crippen LogP contribution >= 0.6 is 0 Å². The molecule has 0 unspecified atom stereocenters. The topological polar surface area (TPSA) is 111 Å². The number of nitrogens with two attached hydrogens (primary N) is 1. The lowest BCUT2D eigenvalue weighted by Gasteiger charge is -2.12. The average Bonchev–Trinajstić information content (AvgIpc) is 3.07. The maximum absolute atomic E-state index is 11.3. The minimum absolute atomic E-state index is 0.278. The number of hydrogen-bond donors (Lipinski definition) is 2. The number of carbonyl (C=O) groups excluding carboxylic acids is 1. The molecule has 22 heavy (non-hydrogen) atoms. The first-order valence-corrected chi connectivity index (χ1v) is 6.91. The third-order valence-corrected chi connectivity index (χ3v) is 3.43. The van der Waals surface area contributed by atoms with Gasteiger partial charge in [0.05, 0.1) is 24.0 Å². The number of aryl methyl sites for hydroxylation is 1. The van der Waals surface area contributed by atoms with E-state index in [0.717, 1.165) is 5.56 Å². The lowest BCUT2D eigenvalue weighted by atomic mass is 10.2. The molecule has 2 aromatic rings. The summed E-state index contributed by atoms with van der Waals surface area (Å²) in [6.45, 7) is 2.15. The smallest absolute Gasteiger partial charge is 0.409 e. The Morgan fingerprint density at radius 2 is 2.36 bits per heavy atom. The van der Waals surface area contributed by atoms with E-state index in [2.05, 4.69) is 20.4 Å². The predicted molar refractivity (Wildman–Crippen MR) is 80.1 cm³/mol. The second kappa shape index (κ2) is 5.88. The predicted octanol–water partition coefficient (Wildman–Crippen LogP) is 0.323. The average molecular weight is 303 g/mol. The Hall–Kier alpha value is -2.84. The van der Waals surface area contributed by atoms with Crippen molar-refractivity contribution < 1.29 is 9.53 Å². The number of anilines is 2. The van der Waals surface area contributed by atoms with Crippen LogP contribution in [-0.4, -0.2) is 57.0 Å². The molecule has 3 rings (SSSR count). The molecule has 0 bridgehead atoms. The van der Waals surface area contributed by atoms with Crippen LogP contribution in [0.25, 0.3) is 11.3 Å². The molecule has 0 aromatic carbocycles. The molecular formula is C13H17N7O2. The molecule has 1 aliphatic heterocycles. The fourth-order valence-electron chi connectivity index (χ4n) is 2.17. The van der Waals surface area contributed by atoms with Crippen LogP contribution < -0.4 is 11.1 Å². The molecule has 9 heteroatoms. The van der Waals surface area contributed by atoms with Crippen LogP contribution in [0.1, 0.15) is 0 Å². The van der Waals surface area contributed by atoms with E-state index in [1.807, 2.05) is 0 Å². The maximum Gasteiger partial charge on any atom is 0.409 e. The van der Waals surface area contributed by atoms with E-state index >= 15 is 0 Å². The number of rotatable bonds is 5. The summed E-state index contributed by atoms with van der Waals surface area (Å²) in [6, 6.07) is 1.77. The number of amides is 1. The summed E-state index contributed by atoms with van der Waals surface area (Å²) in [5.74, 6) is 1.03. The Labute approximate surface area is 127 Å². The molecule has 116 valence electrons. The second-order valence-electron chi connectivity index (χ2n) is 4.86. The molecule has 0 radical (unpaired) electrons. The van der Waals surface area contributed by atoms with Gasteiger partial charge in [0, 0.05) is 26.3 Å². The van der Waals surface area contributed by atoms with E-state index in [1.165, 1.54) is 0 Å². The molecule has 3 heterocycles. The largest absolute Gasteiger partial charge is 0.448 e. The van der Waals surface area contributed by atoms with Gasteiger partial charge in [-0.2, -0.15) is 5.10 Å². The van der Waals surface area contributed by atoms with Crippen molar-refractivity contribution >= 4 is 17.9 Å². The Morgan fingerprint density at radius 1 is 1.50 bits per heavy atom. The van der Waals surface area contributed by atoms with Gasteiger partial charge in [-0.25, -0.2) is 14.8 Å². The molecule has 3 N–H and O–H groups in total. The highest BCUT2D eigenvalue weighted by Gasteiger charge is 2.20. The summed E-state index contributed by atoms with van der Waals surface area (Å²) in [6.07, 6.45) is 3.04. The molecule has 2 aromatic heterocycles. The normalized spacial score (nSPS) is 14.2. The van der Waals surface area contributed by atoms with Gasteiger partial charge in [-0.1, -0.05) is 0 Å². The van der Waals surface area contributed by atoms with Crippen molar-refractivity contribution in [2.45, 2.75) is 0 Å². The maximum atomic E-state index is 11.3. The quantitative estimate of drug-likeness (QED) is 0.818. The van der Waals surface area contributed by atoms with Gasteiger partial charge in [0.2, 0.25) is 5.95 Å². The highest BCUT2D eigenvalue weighted by atomic mass is 16.6. The summed E-state index contributed by atoms with van der Waals surface area (Å²) < 4.78 is 6.45. The summed E-state index contributed by atoms with van der Waals surface area (Å²) in [5.41, 5.74) is 7.40. The van der Waals surface area contributed by atoms with E-state index in [1.54, 1.807) is 35.1 Å². The Balaban J connectivity index is 1.64. The van der Waals surface area contributed by atoms with Crippen molar-refractivity contribution in [2.75, 3.05) is 37.3 Å². The third kappa shape index (κ3) is 2.78. The standard InChI is InChI=1S/C13H17N7O2/c1-19-11(14)9(8-17-19)10-2-3-15-12(18-10)16-4-5-20-6-7-22-13(20)21/h2-3,8H,4-7,14H2,1H3,(H,15,16,18). The fourth-order valence-corrected chi connectivity index (χ4v) is 2.17. The Kier molecular flexibility index (Phi) is 3.77. The van der Waals surface area contributed by atoms with E-state index in [4.69, 9.17) is 10.5 Å². The summed E-state index contributed by atoms with van der Waals surface area (Å²) in [5, 5.41) is 7.19. The van der Waals surface area contributed by atoms with Gasteiger partial charge in [-0.05, 0) is 6.07 Å². The van der Waals surface area contributed by atoms with Crippen molar-refractivity contribution in [3.05, 3.63) is 18.5 Å².